The first-order valence-electron chi connectivity index (χ1n) is 6.21. The lowest BCUT2D eigenvalue weighted by Gasteiger charge is -2.17. The van der Waals surface area contributed by atoms with Gasteiger partial charge in [-0.25, -0.2) is 8.42 Å². The number of sulfonamides is 1. The molecule has 0 aliphatic carbocycles. The van der Waals surface area contributed by atoms with Crippen molar-refractivity contribution >= 4 is 31.6 Å². The van der Waals surface area contributed by atoms with Crippen LogP contribution in [-0.2, 0) is 16.6 Å². The molecule has 0 aromatic heterocycles. The number of benzene rings is 2. The van der Waals surface area contributed by atoms with Crippen LogP contribution in [0.15, 0.2) is 57.9 Å². The summed E-state index contributed by atoms with van der Waals surface area (Å²) in [6, 6.07) is 13.9. The average Bonchev–Trinajstić information content (AvgIpc) is 2.47. The molecule has 2 rings (SSSR count). The van der Waals surface area contributed by atoms with E-state index in [1.54, 1.807) is 19.2 Å². The van der Waals surface area contributed by atoms with E-state index in [0.717, 1.165) is 10.0 Å². The zero-order chi connectivity index (χ0) is 15.5. The van der Waals surface area contributed by atoms with Gasteiger partial charge in [0.1, 0.15) is 0 Å². The van der Waals surface area contributed by atoms with Gasteiger partial charge in [0.15, 0.2) is 0 Å². The Morgan fingerprint density at radius 1 is 1.19 bits per heavy atom. The molecule has 0 aliphatic rings. The van der Waals surface area contributed by atoms with Crippen LogP contribution < -0.4 is 11.3 Å². The Bertz CT molecular complexity index is 717. The Hall–Kier alpha value is -1.41. The summed E-state index contributed by atoms with van der Waals surface area (Å²) in [4.78, 5) is 0.235. The normalized spacial score (nSPS) is 11.6. The number of hydrazine groups is 1. The second kappa shape index (κ2) is 6.57. The Balaban J connectivity index is 2.21. The van der Waals surface area contributed by atoms with Crippen LogP contribution >= 0.6 is 15.9 Å². The van der Waals surface area contributed by atoms with Crippen LogP contribution in [0.4, 0.5) is 5.69 Å². The van der Waals surface area contributed by atoms with E-state index in [1.807, 2.05) is 24.3 Å². The van der Waals surface area contributed by atoms with Crippen molar-refractivity contribution in [1.82, 2.24) is 4.31 Å². The minimum atomic E-state index is -3.53. The van der Waals surface area contributed by atoms with Gasteiger partial charge in [0, 0.05) is 23.8 Å². The fraction of sp³-hybridized carbons (Fsp3) is 0.143. The number of nitrogen functional groups attached to an aromatic ring is 1. The molecule has 7 heteroatoms. The van der Waals surface area contributed by atoms with Crippen molar-refractivity contribution in [2.24, 2.45) is 5.84 Å². The second-order valence-corrected chi connectivity index (χ2v) is 7.52. The van der Waals surface area contributed by atoms with Crippen LogP contribution in [0.1, 0.15) is 5.56 Å². The van der Waals surface area contributed by atoms with Crippen LogP contribution in [0.5, 0.6) is 0 Å². The first kappa shape index (κ1) is 16.0. The molecule has 0 atom stereocenters. The summed E-state index contributed by atoms with van der Waals surface area (Å²) in [7, 11) is -1.96. The smallest absolute Gasteiger partial charge is 0.243 e. The number of halogens is 1. The molecule has 2 aromatic carbocycles. The number of hydrogen-bond donors (Lipinski definition) is 2. The fourth-order valence-electron chi connectivity index (χ4n) is 1.88. The summed E-state index contributed by atoms with van der Waals surface area (Å²) in [5.41, 5.74) is 4.04. The van der Waals surface area contributed by atoms with Crippen molar-refractivity contribution in [3.63, 3.8) is 0 Å². The summed E-state index contributed by atoms with van der Waals surface area (Å²) in [5.74, 6) is 5.27. The van der Waals surface area contributed by atoms with Crippen LogP contribution in [0.3, 0.4) is 0 Å². The van der Waals surface area contributed by atoms with Gasteiger partial charge in [-0.2, -0.15) is 4.31 Å². The van der Waals surface area contributed by atoms with Crippen molar-refractivity contribution in [3.05, 3.63) is 58.6 Å². The highest BCUT2D eigenvalue weighted by Gasteiger charge is 2.20. The second-order valence-electron chi connectivity index (χ2n) is 4.56. The van der Waals surface area contributed by atoms with Gasteiger partial charge >= 0.3 is 0 Å². The van der Waals surface area contributed by atoms with E-state index < -0.39 is 10.0 Å². The molecule has 0 unspecified atom stereocenters. The summed E-state index contributed by atoms with van der Waals surface area (Å²) >= 11 is 3.38. The van der Waals surface area contributed by atoms with Crippen LogP contribution in [-0.4, -0.2) is 19.8 Å². The van der Waals surface area contributed by atoms with E-state index in [4.69, 9.17) is 5.84 Å². The standard InChI is InChI=1S/C14H16BrN3O2S/c1-18(10-11-3-2-4-12(15)9-11)21(19,20)14-7-5-13(17-16)6-8-14/h2-9,17H,10,16H2,1H3. The van der Waals surface area contributed by atoms with Crippen molar-refractivity contribution < 1.29 is 8.42 Å². The van der Waals surface area contributed by atoms with E-state index in [1.165, 1.54) is 16.4 Å². The monoisotopic (exact) mass is 369 g/mol. The first-order valence-corrected chi connectivity index (χ1v) is 8.44. The molecule has 0 fully saturated rings. The van der Waals surface area contributed by atoms with Gasteiger partial charge in [0.25, 0.3) is 0 Å². The number of rotatable bonds is 5. The van der Waals surface area contributed by atoms with Crippen molar-refractivity contribution in [1.29, 1.82) is 0 Å². The Kier molecular flexibility index (Phi) is 5.00. The highest BCUT2D eigenvalue weighted by Crippen LogP contribution is 2.20. The minimum Gasteiger partial charge on any atom is -0.324 e. The quantitative estimate of drug-likeness (QED) is 0.627. The van der Waals surface area contributed by atoms with Crippen LogP contribution in [0.2, 0.25) is 0 Å². The average molecular weight is 370 g/mol. The van der Waals surface area contributed by atoms with Gasteiger partial charge in [0.2, 0.25) is 10.0 Å². The third-order valence-electron chi connectivity index (χ3n) is 3.02. The molecular formula is C14H16BrN3O2S. The predicted octanol–water partition coefficient (Wildman–Crippen LogP) is 2.56. The molecule has 21 heavy (non-hydrogen) atoms. The largest absolute Gasteiger partial charge is 0.324 e. The number of anilines is 1. The Morgan fingerprint density at radius 2 is 1.86 bits per heavy atom. The van der Waals surface area contributed by atoms with Crippen molar-refractivity contribution in [2.45, 2.75) is 11.4 Å². The Morgan fingerprint density at radius 3 is 2.43 bits per heavy atom. The van der Waals surface area contributed by atoms with Gasteiger partial charge in [-0.3, -0.25) is 5.84 Å². The number of hydrogen-bond acceptors (Lipinski definition) is 4. The lowest BCUT2D eigenvalue weighted by molar-refractivity contribution is 0.466. The van der Waals surface area contributed by atoms with Crippen LogP contribution in [0, 0.1) is 0 Å². The summed E-state index contributed by atoms with van der Waals surface area (Å²) < 4.78 is 27.2. The van der Waals surface area contributed by atoms with E-state index in [2.05, 4.69) is 21.4 Å². The molecule has 3 N–H and O–H groups in total. The molecule has 0 spiro atoms. The predicted molar refractivity (Wildman–Crippen MR) is 87.0 cm³/mol. The maximum absolute atomic E-state index is 12.5. The maximum atomic E-state index is 12.5. The van der Waals surface area contributed by atoms with Gasteiger partial charge in [-0.1, -0.05) is 28.1 Å². The highest BCUT2D eigenvalue weighted by atomic mass is 79.9. The molecule has 0 saturated heterocycles. The fourth-order valence-corrected chi connectivity index (χ4v) is 3.49. The Labute approximate surface area is 132 Å². The summed E-state index contributed by atoms with van der Waals surface area (Å²) in [5, 5.41) is 0. The molecule has 0 amide bonds. The van der Waals surface area contributed by atoms with Gasteiger partial charge < -0.3 is 5.43 Å². The van der Waals surface area contributed by atoms with Crippen molar-refractivity contribution in [2.75, 3.05) is 12.5 Å². The number of nitrogens with one attached hydrogen (secondary N) is 1. The molecule has 0 saturated carbocycles. The molecular weight excluding hydrogens is 354 g/mol. The third kappa shape index (κ3) is 3.82. The number of nitrogens with two attached hydrogens (primary N) is 1. The van der Waals surface area contributed by atoms with Gasteiger partial charge in [-0.15, -0.1) is 0 Å². The molecule has 2 aromatic rings. The lowest BCUT2D eigenvalue weighted by atomic mass is 10.2. The van der Waals surface area contributed by atoms with E-state index >= 15 is 0 Å². The molecule has 0 bridgehead atoms. The number of nitrogens with zero attached hydrogens (tertiary/aromatic N) is 1. The minimum absolute atomic E-state index is 0.235. The summed E-state index contributed by atoms with van der Waals surface area (Å²) in [6.45, 7) is 0.304. The first-order chi connectivity index (χ1) is 9.93. The highest BCUT2D eigenvalue weighted by molar-refractivity contribution is 9.10. The zero-order valence-corrected chi connectivity index (χ0v) is 13.9. The topological polar surface area (TPSA) is 75.4 Å². The molecule has 112 valence electrons. The maximum Gasteiger partial charge on any atom is 0.243 e. The molecule has 0 heterocycles. The summed E-state index contributed by atoms with van der Waals surface area (Å²) in [6.07, 6.45) is 0. The van der Waals surface area contributed by atoms with E-state index in [9.17, 15) is 8.42 Å². The van der Waals surface area contributed by atoms with E-state index in [-0.39, 0.29) is 4.90 Å². The lowest BCUT2D eigenvalue weighted by Crippen LogP contribution is -2.26. The molecule has 0 aliphatic heterocycles. The SMILES string of the molecule is CN(Cc1cccc(Br)c1)S(=O)(=O)c1ccc(NN)cc1. The molecule has 5 nitrogen and oxygen atoms in total. The van der Waals surface area contributed by atoms with Crippen molar-refractivity contribution in [3.8, 4) is 0 Å². The zero-order valence-electron chi connectivity index (χ0n) is 11.5. The van der Waals surface area contributed by atoms with Gasteiger partial charge in [0.05, 0.1) is 4.90 Å². The van der Waals surface area contributed by atoms with E-state index in [0.29, 0.717) is 12.2 Å². The van der Waals surface area contributed by atoms with Crippen LogP contribution in [0.25, 0.3) is 0 Å². The third-order valence-corrected chi connectivity index (χ3v) is 5.33. The van der Waals surface area contributed by atoms with Gasteiger partial charge in [-0.05, 0) is 42.0 Å². The molecule has 0 radical (unpaired) electrons.